The Morgan fingerprint density at radius 2 is 2.17 bits per heavy atom. The highest BCUT2D eigenvalue weighted by Gasteiger charge is 2.57. The van der Waals surface area contributed by atoms with E-state index in [2.05, 4.69) is 25.7 Å². The second-order valence-electron chi connectivity index (χ2n) is 7.86. The maximum Gasteiger partial charge on any atom is 0.316 e. The predicted octanol–water partition coefficient (Wildman–Crippen LogP) is -1.47. The van der Waals surface area contributed by atoms with E-state index in [1.165, 1.54) is 36.2 Å². The topological polar surface area (TPSA) is 215 Å². The van der Waals surface area contributed by atoms with Gasteiger partial charge < -0.3 is 31.0 Å². The third-order valence-electron chi connectivity index (χ3n) is 5.54. The SMILES string of the molecule is CON=C(C(=O)NC1C(=O)N2CC(CSc3nnc(O)c(=O)n3C)(C(=O)O)CS[C@H]12)c1csc(N)n1. The summed E-state index contributed by atoms with van der Waals surface area (Å²) in [5.41, 5.74) is 3.58. The van der Waals surface area contributed by atoms with Gasteiger partial charge in [0.1, 0.15) is 29.6 Å². The molecule has 4 rings (SSSR count). The number of aromatic nitrogens is 4. The summed E-state index contributed by atoms with van der Waals surface area (Å²) in [4.78, 5) is 59.9. The van der Waals surface area contributed by atoms with Gasteiger partial charge in [0.25, 0.3) is 11.8 Å². The number of rotatable bonds is 8. The lowest BCUT2D eigenvalue weighted by Gasteiger charge is -2.53. The number of hydrogen-bond donors (Lipinski definition) is 4. The van der Waals surface area contributed by atoms with E-state index in [-0.39, 0.29) is 39.7 Å². The Hall–Kier alpha value is -3.38. The minimum Gasteiger partial charge on any atom is -0.488 e. The summed E-state index contributed by atoms with van der Waals surface area (Å²) >= 11 is 3.32. The van der Waals surface area contributed by atoms with E-state index in [4.69, 9.17) is 10.6 Å². The Kier molecular flexibility index (Phi) is 7.10. The summed E-state index contributed by atoms with van der Waals surface area (Å²) in [5.74, 6) is -2.88. The van der Waals surface area contributed by atoms with Crippen LogP contribution in [-0.4, -0.2) is 94.9 Å². The van der Waals surface area contributed by atoms with Gasteiger partial charge in [-0.25, -0.2) is 4.98 Å². The number of carboxylic acids is 1. The lowest BCUT2D eigenvalue weighted by atomic mass is 9.89. The van der Waals surface area contributed by atoms with Crippen LogP contribution < -0.4 is 16.6 Å². The van der Waals surface area contributed by atoms with E-state index in [1.54, 1.807) is 0 Å². The summed E-state index contributed by atoms with van der Waals surface area (Å²) in [6.45, 7) is -0.0979. The predicted molar refractivity (Wildman–Crippen MR) is 130 cm³/mol. The van der Waals surface area contributed by atoms with Gasteiger partial charge in [-0.2, -0.15) is 0 Å². The monoisotopic (exact) mass is 556 g/mol. The van der Waals surface area contributed by atoms with Crippen LogP contribution in [0.2, 0.25) is 0 Å². The van der Waals surface area contributed by atoms with Crippen LogP contribution in [0.15, 0.2) is 20.5 Å². The number of nitrogen functional groups attached to an aromatic ring is 1. The number of nitrogens with one attached hydrogen (secondary N) is 1. The van der Waals surface area contributed by atoms with Crippen molar-refractivity contribution in [3.05, 3.63) is 21.4 Å². The Morgan fingerprint density at radius 1 is 1.42 bits per heavy atom. The molecule has 2 amide bonds. The van der Waals surface area contributed by atoms with E-state index in [1.807, 2.05) is 0 Å². The van der Waals surface area contributed by atoms with E-state index in [0.29, 0.717) is 0 Å². The number of thioether (sulfide) groups is 2. The minimum absolute atomic E-state index is 0.00845. The molecular formula is C18H20N8O7S3. The van der Waals surface area contributed by atoms with Gasteiger partial charge in [0.05, 0.1) is 0 Å². The van der Waals surface area contributed by atoms with Gasteiger partial charge in [0.15, 0.2) is 16.0 Å². The van der Waals surface area contributed by atoms with Crippen LogP contribution in [0.5, 0.6) is 5.88 Å². The molecule has 4 heterocycles. The number of carbonyl (C=O) groups is 3. The molecule has 5 N–H and O–H groups in total. The van der Waals surface area contributed by atoms with E-state index in [0.717, 1.165) is 27.7 Å². The number of nitrogens with two attached hydrogens (primary N) is 1. The first kappa shape index (κ1) is 25.7. The first-order valence-electron chi connectivity index (χ1n) is 10.1. The summed E-state index contributed by atoms with van der Waals surface area (Å²) in [5, 5.41) is 34.2. The molecule has 2 aromatic rings. The number of amides is 2. The number of β-lactam (4-membered cyclic amide) rings is 1. The third kappa shape index (κ3) is 4.58. The van der Waals surface area contributed by atoms with Crippen LogP contribution in [0.25, 0.3) is 0 Å². The van der Waals surface area contributed by atoms with Crippen molar-refractivity contribution in [2.24, 2.45) is 17.6 Å². The average molecular weight is 557 g/mol. The Bertz CT molecular complexity index is 1310. The molecule has 18 heteroatoms. The van der Waals surface area contributed by atoms with Crippen molar-refractivity contribution in [3.8, 4) is 5.88 Å². The van der Waals surface area contributed by atoms with Gasteiger partial charge in [-0.1, -0.05) is 16.9 Å². The highest BCUT2D eigenvalue weighted by Crippen LogP contribution is 2.44. The van der Waals surface area contributed by atoms with Gasteiger partial charge in [-0.3, -0.25) is 23.7 Å². The zero-order valence-electron chi connectivity index (χ0n) is 18.8. The van der Waals surface area contributed by atoms with Crippen LogP contribution in [0.3, 0.4) is 0 Å². The van der Waals surface area contributed by atoms with E-state index >= 15 is 0 Å². The van der Waals surface area contributed by atoms with Crippen molar-refractivity contribution < 1.29 is 29.4 Å². The lowest BCUT2D eigenvalue weighted by Crippen LogP contribution is -2.74. The number of anilines is 1. The molecule has 2 fully saturated rings. The number of carbonyl (C=O) groups excluding carboxylic acids is 2. The molecule has 36 heavy (non-hydrogen) atoms. The standard InChI is InChI=1S/C18H20N8O7S3/c1-25-13(30)11(28)22-23-17(25)36-6-18(15(31)32)4-26-12(29)9(14(26)35-5-18)21-10(27)8(24-33-2)7-3-34-16(19)20-7/h3,9,14H,4-6H2,1-2H3,(H2,19,20)(H,21,27)(H,22,28)(H,31,32)/t9?,14-,18?/m1/s1. The van der Waals surface area contributed by atoms with Crippen molar-refractivity contribution in [2.75, 3.05) is 30.9 Å². The van der Waals surface area contributed by atoms with Crippen LogP contribution >= 0.6 is 34.9 Å². The molecule has 0 spiro atoms. The van der Waals surface area contributed by atoms with Crippen molar-refractivity contribution >= 4 is 63.5 Å². The fourth-order valence-corrected chi connectivity index (χ4v) is 6.89. The second-order valence-corrected chi connectivity index (χ2v) is 10.8. The van der Waals surface area contributed by atoms with Gasteiger partial charge in [0.2, 0.25) is 5.91 Å². The fraction of sp³-hybridized carbons (Fsp3) is 0.444. The van der Waals surface area contributed by atoms with Crippen molar-refractivity contribution in [1.82, 2.24) is 30.0 Å². The first-order valence-corrected chi connectivity index (χ1v) is 13.0. The van der Waals surface area contributed by atoms with Crippen molar-refractivity contribution in [1.29, 1.82) is 0 Å². The molecule has 2 aliphatic heterocycles. The highest BCUT2D eigenvalue weighted by atomic mass is 32.2. The summed E-state index contributed by atoms with van der Waals surface area (Å²) in [6.07, 6.45) is 0. The van der Waals surface area contributed by atoms with Crippen LogP contribution in [0.4, 0.5) is 5.13 Å². The number of hydrogen-bond acceptors (Lipinski definition) is 14. The number of aromatic hydroxyl groups is 1. The number of oxime groups is 1. The van der Waals surface area contributed by atoms with E-state index in [9.17, 15) is 29.4 Å². The van der Waals surface area contributed by atoms with Gasteiger partial charge >= 0.3 is 11.5 Å². The molecule has 2 aliphatic rings. The molecule has 0 bridgehead atoms. The molecule has 0 aromatic carbocycles. The lowest BCUT2D eigenvalue weighted by molar-refractivity contribution is -0.157. The molecule has 3 atom stereocenters. The minimum atomic E-state index is -1.34. The number of fused-ring (bicyclic) bond motifs is 1. The summed E-state index contributed by atoms with van der Waals surface area (Å²) in [7, 11) is 2.65. The summed E-state index contributed by atoms with van der Waals surface area (Å²) < 4.78 is 1.07. The number of aliphatic carboxylic acids is 1. The molecule has 2 saturated heterocycles. The number of carboxylic acid groups (broad SMARTS) is 1. The van der Waals surface area contributed by atoms with Gasteiger partial charge in [-0.05, 0) is 0 Å². The molecular weight excluding hydrogens is 536 g/mol. The molecule has 0 aliphatic carbocycles. The molecule has 192 valence electrons. The fourth-order valence-electron chi connectivity index (χ4n) is 3.57. The zero-order valence-corrected chi connectivity index (χ0v) is 21.2. The molecule has 15 nitrogen and oxygen atoms in total. The normalized spacial score (nSPS) is 23.6. The number of thiazole rings is 1. The maximum absolute atomic E-state index is 12.9. The summed E-state index contributed by atoms with van der Waals surface area (Å²) in [6, 6.07) is -0.885. The molecule has 0 saturated carbocycles. The highest BCUT2D eigenvalue weighted by molar-refractivity contribution is 8.00. The Morgan fingerprint density at radius 3 is 2.81 bits per heavy atom. The van der Waals surface area contributed by atoms with Crippen LogP contribution in [0.1, 0.15) is 5.69 Å². The van der Waals surface area contributed by atoms with Crippen molar-refractivity contribution in [2.45, 2.75) is 16.6 Å². The Balaban J connectivity index is 1.45. The van der Waals surface area contributed by atoms with Crippen LogP contribution in [0, 0.1) is 5.41 Å². The first-order chi connectivity index (χ1) is 17.1. The van der Waals surface area contributed by atoms with Gasteiger partial charge in [-0.15, -0.1) is 33.3 Å². The molecule has 2 aromatic heterocycles. The number of nitrogens with zero attached hydrogens (tertiary/aromatic N) is 6. The van der Waals surface area contributed by atoms with Crippen molar-refractivity contribution in [3.63, 3.8) is 0 Å². The second kappa shape index (κ2) is 9.94. The zero-order chi connectivity index (χ0) is 26.2. The largest absolute Gasteiger partial charge is 0.488 e. The molecule has 0 radical (unpaired) electrons. The van der Waals surface area contributed by atoms with Crippen LogP contribution in [-0.2, 0) is 26.3 Å². The maximum atomic E-state index is 12.9. The smallest absolute Gasteiger partial charge is 0.316 e. The molecule has 2 unspecified atom stereocenters. The van der Waals surface area contributed by atoms with Gasteiger partial charge in [0, 0.05) is 30.5 Å². The Labute approximate surface area is 215 Å². The third-order valence-corrected chi connectivity index (χ3v) is 9.11. The quantitative estimate of drug-likeness (QED) is 0.127. The van der Waals surface area contributed by atoms with E-state index < -0.39 is 46.1 Å². The average Bonchev–Trinajstić information content (AvgIpc) is 3.29.